The minimum absolute atomic E-state index is 0.0755. The SMILES string of the molecule is Nc1nc2c(nc(NCCCCCCNC(=O)c3ccc(-c4c5ccc(=O)cc-5oc5cc(O)ccc45)c(C(=O)O)c3)n2[C@@H]2O[C@H](COP(=O)(O)OP(=O)(O)OP(=O)(O)O)[C@@H](O)[C@H]2O)c(=O)[nH]1. The number of carboxylic acids is 1. The second-order valence-corrected chi connectivity index (χ2v) is 19.3. The number of phosphoric acid groups is 3. The molecule has 1 saturated heterocycles. The third-order valence-electron chi connectivity index (χ3n) is 10.1. The van der Waals surface area contributed by atoms with Crippen molar-refractivity contribution < 1.29 is 85.6 Å². The van der Waals surface area contributed by atoms with E-state index in [1.54, 1.807) is 6.07 Å². The molecule has 0 radical (unpaired) electrons. The van der Waals surface area contributed by atoms with Gasteiger partial charge in [-0.05, 0) is 54.8 Å². The van der Waals surface area contributed by atoms with Crippen molar-refractivity contribution in [2.45, 2.75) is 50.2 Å². The normalized spacial score (nSPS) is 19.4. The maximum Gasteiger partial charge on any atom is 0.490 e. The second-order valence-electron chi connectivity index (χ2n) is 14.8. The number of imidazole rings is 1. The Labute approximate surface area is 374 Å². The highest BCUT2D eigenvalue weighted by molar-refractivity contribution is 7.66. The number of nitrogens with two attached hydrogens (primary N) is 1. The summed E-state index contributed by atoms with van der Waals surface area (Å²) in [4.78, 5) is 97.9. The number of nitrogens with zero attached hydrogens (tertiary/aromatic N) is 3. The summed E-state index contributed by atoms with van der Waals surface area (Å²) in [6, 6.07) is 12.6. The van der Waals surface area contributed by atoms with Crippen molar-refractivity contribution in [1.82, 2.24) is 24.8 Å². The number of rotatable bonds is 19. The van der Waals surface area contributed by atoms with Crippen molar-refractivity contribution in [3.8, 4) is 28.2 Å². The quantitative estimate of drug-likeness (QED) is 0.0315. The van der Waals surface area contributed by atoms with Crippen LogP contribution in [0.2, 0.25) is 0 Å². The van der Waals surface area contributed by atoms with Gasteiger partial charge in [0, 0.05) is 47.3 Å². The molecule has 27 nitrogen and oxygen atoms in total. The molecule has 1 fully saturated rings. The summed E-state index contributed by atoms with van der Waals surface area (Å²) in [5.74, 6) is -2.24. The molecule has 13 N–H and O–H groups in total. The lowest BCUT2D eigenvalue weighted by Crippen LogP contribution is -2.34. The number of carboxylic acid groups (broad SMARTS) is 1. The summed E-state index contributed by atoms with van der Waals surface area (Å²) >= 11 is 0. The number of carbonyl (C=O) groups is 2. The molecule has 2 aliphatic heterocycles. The first-order valence-electron chi connectivity index (χ1n) is 19.7. The van der Waals surface area contributed by atoms with Crippen LogP contribution in [0.1, 0.15) is 52.6 Å². The van der Waals surface area contributed by atoms with Crippen LogP contribution in [0.4, 0.5) is 11.9 Å². The van der Waals surface area contributed by atoms with E-state index in [0.29, 0.717) is 42.2 Å². The molecule has 30 heteroatoms. The number of carbonyl (C=O) groups excluding carboxylic acids is 1. The molecule has 4 aromatic rings. The molecular weight excluding hydrogens is 955 g/mol. The molecule has 0 bridgehead atoms. The molecule has 1 amide bonds. The van der Waals surface area contributed by atoms with E-state index >= 15 is 0 Å². The maximum absolute atomic E-state index is 13.2. The highest BCUT2D eigenvalue weighted by atomic mass is 31.3. The number of aromatic amines is 1. The Morgan fingerprint density at radius 2 is 1.58 bits per heavy atom. The summed E-state index contributed by atoms with van der Waals surface area (Å²) in [6.07, 6.45) is -4.85. The number of hydrogen-bond donors (Lipinski definition) is 12. The lowest BCUT2D eigenvalue weighted by atomic mass is 9.90. The number of fused-ring (bicyclic) bond motifs is 3. The van der Waals surface area contributed by atoms with E-state index in [0.717, 1.165) is 4.57 Å². The van der Waals surface area contributed by atoms with Gasteiger partial charge >= 0.3 is 29.4 Å². The standard InChI is InChI=1S/C37H40N7O20P3/c38-36-42-31-28(33(50)43-36)41-37(44(31)34-30(48)29(47)26(62-34)16-60-66(56,57)64-67(58,59)63-65(53,54)55)40-12-4-2-1-3-11-39-32(49)17-5-8-20(23(13-17)35(51)52)27-21-9-6-18(45)14-24(21)61-25-15-19(46)7-10-22(25)27/h5-10,13-15,26,29-30,34,45,47-48H,1-4,11-12,16H2,(H,39,49)(H,40,41)(H,51,52)(H,56,57)(H,58,59)(H2,53,54,55)(H3,38,42,43,50)/t26-,29-,30-,34-/m1/s1. The summed E-state index contributed by atoms with van der Waals surface area (Å²) in [7, 11) is -17.2. The molecule has 4 heterocycles. The summed E-state index contributed by atoms with van der Waals surface area (Å²) < 4.78 is 59.4. The minimum Gasteiger partial charge on any atom is -0.508 e. The first kappa shape index (κ1) is 49.0. The number of amides is 1. The van der Waals surface area contributed by atoms with Crippen LogP contribution in [-0.4, -0.2) is 109 Å². The van der Waals surface area contributed by atoms with Crippen LogP contribution in [0.25, 0.3) is 44.6 Å². The van der Waals surface area contributed by atoms with E-state index in [-0.39, 0.29) is 75.4 Å². The van der Waals surface area contributed by atoms with Gasteiger partial charge in [-0.25, -0.2) is 23.5 Å². The fourth-order valence-corrected chi connectivity index (χ4v) is 10.3. The number of H-pyrrole nitrogens is 1. The number of unbranched alkanes of at least 4 members (excludes halogenated alkanes) is 3. The van der Waals surface area contributed by atoms with Gasteiger partial charge in [-0.3, -0.25) is 28.5 Å². The van der Waals surface area contributed by atoms with E-state index in [4.69, 9.17) is 24.7 Å². The highest BCUT2D eigenvalue weighted by Gasteiger charge is 2.48. The van der Waals surface area contributed by atoms with Crippen molar-refractivity contribution in [3.63, 3.8) is 0 Å². The Morgan fingerprint density at radius 1 is 0.866 bits per heavy atom. The zero-order valence-corrected chi connectivity index (χ0v) is 36.9. The Hall–Kier alpha value is -5.89. The van der Waals surface area contributed by atoms with Gasteiger partial charge in [0.2, 0.25) is 11.9 Å². The number of ether oxygens (including phenoxy) is 1. The van der Waals surface area contributed by atoms with Crippen LogP contribution in [0.3, 0.4) is 0 Å². The number of hydrogen-bond acceptors (Lipinski definition) is 19. The highest BCUT2D eigenvalue weighted by Crippen LogP contribution is 2.66. The molecule has 7 rings (SSSR count). The molecule has 6 atom stereocenters. The molecule has 2 unspecified atom stereocenters. The Kier molecular flexibility index (Phi) is 14.2. The van der Waals surface area contributed by atoms with Crippen molar-refractivity contribution in [2.75, 3.05) is 30.7 Å². The van der Waals surface area contributed by atoms with Gasteiger partial charge in [-0.2, -0.15) is 13.6 Å². The number of aliphatic hydroxyl groups excluding tert-OH is 2. The van der Waals surface area contributed by atoms with E-state index in [1.807, 2.05) is 0 Å². The molecule has 3 aliphatic rings. The summed E-state index contributed by atoms with van der Waals surface area (Å²) in [5.41, 5.74) is 5.35. The van der Waals surface area contributed by atoms with Crippen LogP contribution in [0.5, 0.6) is 5.75 Å². The van der Waals surface area contributed by atoms with Gasteiger partial charge in [0.25, 0.3) is 11.5 Å². The Balaban J connectivity index is 0.954. The number of benzene rings is 3. The first-order valence-corrected chi connectivity index (χ1v) is 24.2. The monoisotopic (exact) mass is 995 g/mol. The molecule has 0 saturated carbocycles. The number of phosphoric ester groups is 1. The first-order chi connectivity index (χ1) is 31.5. The molecule has 67 heavy (non-hydrogen) atoms. The molecule has 2 aromatic carbocycles. The van der Waals surface area contributed by atoms with Crippen LogP contribution >= 0.6 is 23.5 Å². The summed E-state index contributed by atoms with van der Waals surface area (Å²) in [5, 5.41) is 48.2. The van der Waals surface area contributed by atoms with Crippen molar-refractivity contribution in [1.29, 1.82) is 0 Å². The van der Waals surface area contributed by atoms with E-state index in [2.05, 4.69) is 38.7 Å². The average molecular weight is 996 g/mol. The molecule has 2 aromatic heterocycles. The van der Waals surface area contributed by atoms with Gasteiger partial charge < -0.3 is 65.5 Å². The second kappa shape index (κ2) is 19.4. The van der Waals surface area contributed by atoms with Gasteiger partial charge in [-0.1, -0.05) is 18.9 Å². The number of phenolic OH excluding ortho intramolecular Hbond substituents is 1. The Bertz CT molecular complexity index is 3120. The molecular formula is C37H40N7O20P3. The lowest BCUT2D eigenvalue weighted by Gasteiger charge is -2.20. The fourth-order valence-electron chi connectivity index (χ4n) is 7.26. The lowest BCUT2D eigenvalue weighted by molar-refractivity contribution is -0.0493. The fraction of sp³-hybridized carbons (Fsp3) is 0.297. The summed E-state index contributed by atoms with van der Waals surface area (Å²) in [6.45, 7) is -0.686. The van der Waals surface area contributed by atoms with Gasteiger partial charge in [-0.15, -0.1) is 0 Å². The van der Waals surface area contributed by atoms with E-state index < -0.39 is 72.1 Å². The number of nitrogen functional groups attached to an aromatic ring is 1. The Morgan fingerprint density at radius 3 is 2.30 bits per heavy atom. The zero-order chi connectivity index (χ0) is 48.6. The molecule has 358 valence electrons. The topological polar surface area (TPSA) is 428 Å². The van der Waals surface area contributed by atoms with Crippen LogP contribution < -0.4 is 27.4 Å². The largest absolute Gasteiger partial charge is 0.508 e. The van der Waals surface area contributed by atoms with Gasteiger partial charge in [0.15, 0.2) is 22.8 Å². The predicted molar refractivity (Wildman–Crippen MR) is 231 cm³/mol. The number of phenols is 1. The van der Waals surface area contributed by atoms with Crippen molar-refractivity contribution >= 4 is 69.4 Å². The average Bonchev–Trinajstić information content (AvgIpc) is 3.73. The number of aromatic carboxylic acids is 1. The number of aromatic nitrogens is 4. The predicted octanol–water partition coefficient (Wildman–Crippen LogP) is 2.35. The minimum atomic E-state index is -5.86. The number of nitrogens with one attached hydrogen (secondary N) is 3. The van der Waals surface area contributed by atoms with Crippen molar-refractivity contribution in [3.05, 3.63) is 86.3 Å². The van der Waals surface area contributed by atoms with Gasteiger partial charge in [0.05, 0.1) is 12.2 Å². The molecule has 0 spiro atoms. The smallest absolute Gasteiger partial charge is 0.490 e. The molecule has 1 aliphatic carbocycles. The third kappa shape index (κ3) is 11.3. The van der Waals surface area contributed by atoms with Crippen LogP contribution in [0, 0.1) is 0 Å². The van der Waals surface area contributed by atoms with Crippen LogP contribution in [0.15, 0.2) is 68.6 Å². The third-order valence-corrected chi connectivity index (χ3v) is 13.9. The van der Waals surface area contributed by atoms with Crippen molar-refractivity contribution in [2.24, 2.45) is 0 Å². The maximum atomic E-state index is 13.2. The van der Waals surface area contributed by atoms with Crippen LogP contribution in [-0.2, 0) is 31.6 Å². The van der Waals surface area contributed by atoms with E-state index in [1.165, 1.54) is 48.5 Å². The number of anilines is 2. The number of aromatic hydroxyl groups is 1. The van der Waals surface area contributed by atoms with E-state index in [9.17, 15) is 63.1 Å². The zero-order valence-electron chi connectivity index (χ0n) is 34.2. The van der Waals surface area contributed by atoms with Gasteiger partial charge in [0.1, 0.15) is 35.4 Å². The number of aliphatic hydroxyl groups is 2.